The molecule has 22 heavy (non-hydrogen) atoms. The van der Waals surface area contributed by atoms with Gasteiger partial charge in [-0.3, -0.25) is 0 Å². The smallest absolute Gasteiger partial charge is 0.0681 e. The molecule has 1 aliphatic rings. The van der Waals surface area contributed by atoms with Gasteiger partial charge < -0.3 is 10.4 Å². The molecule has 2 nitrogen and oxygen atoms in total. The van der Waals surface area contributed by atoms with Gasteiger partial charge in [-0.05, 0) is 42.8 Å². The van der Waals surface area contributed by atoms with Gasteiger partial charge in [-0.1, -0.05) is 78.8 Å². The number of nitrogens with one attached hydrogen (secondary N) is 1. The Bertz CT molecular complexity index is 304. The minimum atomic E-state index is 0.140. The van der Waals surface area contributed by atoms with E-state index in [4.69, 9.17) is 5.11 Å². The minimum Gasteiger partial charge on any atom is -0.392 e. The third kappa shape index (κ3) is 21.4. The van der Waals surface area contributed by atoms with E-state index in [0.29, 0.717) is 5.41 Å². The molecule has 0 amide bonds. The largest absolute Gasteiger partial charge is 0.392 e. The predicted octanol–water partition coefficient (Wildman–Crippen LogP) is 5.26. The maximum atomic E-state index is 8.54. The van der Waals surface area contributed by atoms with E-state index < -0.39 is 0 Å². The summed E-state index contributed by atoms with van der Waals surface area (Å²) in [6.07, 6.45) is 2.75. The number of rotatable bonds is 1. The molecule has 2 N–H and O–H groups in total. The zero-order valence-electron chi connectivity index (χ0n) is 15.9. The number of aliphatic hydroxyl groups excluding tert-OH is 1. The summed E-state index contributed by atoms with van der Waals surface area (Å²) in [7, 11) is 0. The van der Waals surface area contributed by atoms with Crippen molar-refractivity contribution in [2.24, 2.45) is 11.3 Å². The maximum absolute atomic E-state index is 8.54. The lowest BCUT2D eigenvalue weighted by molar-refractivity contribution is 0.282. The van der Waals surface area contributed by atoms with Crippen LogP contribution in [0.15, 0.2) is 30.3 Å². The van der Waals surface area contributed by atoms with Crippen LogP contribution in [0.3, 0.4) is 0 Å². The molecule has 0 spiro atoms. The fraction of sp³-hybridized carbons (Fsp3) is 0.700. The Morgan fingerprint density at radius 3 is 1.64 bits per heavy atom. The van der Waals surface area contributed by atoms with Crippen LogP contribution in [0.1, 0.15) is 66.9 Å². The zero-order chi connectivity index (χ0) is 17.4. The van der Waals surface area contributed by atoms with Gasteiger partial charge in [0.25, 0.3) is 0 Å². The van der Waals surface area contributed by atoms with Crippen LogP contribution in [-0.4, -0.2) is 18.2 Å². The van der Waals surface area contributed by atoms with E-state index in [9.17, 15) is 0 Å². The third-order valence-corrected chi connectivity index (χ3v) is 2.65. The zero-order valence-corrected chi connectivity index (χ0v) is 15.9. The standard InChI is InChI=1S/C7H8O.C6H13N.C5H12.C2H6/c8-6-7-4-2-1-3-5-7;1-6-2-4-7-5-3-6;1-5(2,3)4;1-2/h1-5,8H,6H2;6-7H,2-5H2,1H3;1-4H3;1-2H3. The fourth-order valence-electron chi connectivity index (χ4n) is 1.55. The first-order valence-electron chi connectivity index (χ1n) is 8.68. The first-order valence-corrected chi connectivity index (χ1v) is 8.68. The lowest BCUT2D eigenvalue weighted by Gasteiger charge is -2.17. The van der Waals surface area contributed by atoms with Crippen LogP contribution in [0.2, 0.25) is 0 Å². The average Bonchev–Trinajstić information content (AvgIpc) is 2.50. The molecule has 2 rings (SSSR count). The average molecular weight is 310 g/mol. The van der Waals surface area contributed by atoms with Crippen LogP contribution >= 0.6 is 0 Å². The van der Waals surface area contributed by atoms with Gasteiger partial charge in [-0.25, -0.2) is 0 Å². The van der Waals surface area contributed by atoms with Gasteiger partial charge in [0, 0.05) is 0 Å². The summed E-state index contributed by atoms with van der Waals surface area (Å²) in [6, 6.07) is 9.52. The molecule has 0 aromatic heterocycles. The Balaban J connectivity index is 0. The Morgan fingerprint density at radius 2 is 1.41 bits per heavy atom. The number of hydrogen-bond donors (Lipinski definition) is 2. The van der Waals surface area contributed by atoms with E-state index in [1.165, 1.54) is 25.9 Å². The van der Waals surface area contributed by atoms with E-state index in [-0.39, 0.29) is 6.61 Å². The van der Waals surface area contributed by atoms with Gasteiger partial charge >= 0.3 is 0 Å². The number of hydrogen-bond acceptors (Lipinski definition) is 2. The molecule has 0 radical (unpaired) electrons. The number of aliphatic hydroxyl groups is 1. The van der Waals surface area contributed by atoms with Crippen molar-refractivity contribution in [2.75, 3.05) is 13.1 Å². The van der Waals surface area contributed by atoms with Crippen molar-refractivity contribution in [2.45, 2.75) is 67.9 Å². The quantitative estimate of drug-likeness (QED) is 0.741. The fourth-order valence-corrected chi connectivity index (χ4v) is 1.55. The van der Waals surface area contributed by atoms with Crippen molar-refractivity contribution in [3.63, 3.8) is 0 Å². The van der Waals surface area contributed by atoms with Crippen LogP contribution in [0.5, 0.6) is 0 Å². The van der Waals surface area contributed by atoms with Gasteiger partial charge in [0.1, 0.15) is 0 Å². The summed E-state index contributed by atoms with van der Waals surface area (Å²) in [5.41, 5.74) is 1.47. The Hall–Kier alpha value is -0.860. The van der Waals surface area contributed by atoms with Crippen molar-refractivity contribution >= 4 is 0 Å². The van der Waals surface area contributed by atoms with Crippen molar-refractivity contribution in [3.8, 4) is 0 Å². The predicted molar refractivity (Wildman–Crippen MR) is 100 cm³/mol. The van der Waals surface area contributed by atoms with Gasteiger partial charge in [0.15, 0.2) is 0 Å². The highest BCUT2D eigenvalue weighted by Gasteiger charge is 2.05. The van der Waals surface area contributed by atoms with Crippen LogP contribution in [-0.2, 0) is 6.61 Å². The van der Waals surface area contributed by atoms with Crippen LogP contribution in [0.4, 0.5) is 0 Å². The molecular weight excluding hydrogens is 270 g/mol. The molecule has 1 aromatic carbocycles. The second kappa shape index (κ2) is 15.1. The molecule has 2 heteroatoms. The molecule has 1 saturated heterocycles. The maximum Gasteiger partial charge on any atom is 0.0681 e. The van der Waals surface area contributed by atoms with Crippen molar-refractivity contribution in [1.82, 2.24) is 5.32 Å². The van der Waals surface area contributed by atoms with Gasteiger partial charge in [-0.15, -0.1) is 0 Å². The first-order chi connectivity index (χ1) is 10.3. The Morgan fingerprint density at radius 1 is 1.00 bits per heavy atom. The highest BCUT2D eigenvalue weighted by atomic mass is 16.3. The SMILES string of the molecule is CC.CC(C)(C)C.CC1CCNCC1.OCc1ccccc1. The molecule has 1 fully saturated rings. The van der Waals surface area contributed by atoms with E-state index in [0.717, 1.165) is 11.5 Å². The molecule has 1 heterocycles. The topological polar surface area (TPSA) is 32.3 Å². The van der Waals surface area contributed by atoms with E-state index >= 15 is 0 Å². The van der Waals surface area contributed by atoms with Crippen LogP contribution in [0, 0.1) is 11.3 Å². The van der Waals surface area contributed by atoms with Crippen LogP contribution in [0.25, 0.3) is 0 Å². The van der Waals surface area contributed by atoms with Crippen molar-refractivity contribution < 1.29 is 5.11 Å². The van der Waals surface area contributed by atoms with E-state index in [1.807, 2.05) is 44.2 Å². The summed E-state index contributed by atoms with van der Waals surface area (Å²) in [4.78, 5) is 0. The summed E-state index contributed by atoms with van der Waals surface area (Å²) in [5.74, 6) is 0.973. The second-order valence-electron chi connectivity index (χ2n) is 7.08. The Kier molecular flexibility index (Phi) is 16.0. The Labute approximate surface area is 139 Å². The normalized spacial score (nSPS) is 14.4. The number of piperidine rings is 1. The van der Waals surface area contributed by atoms with Gasteiger partial charge in [-0.2, -0.15) is 0 Å². The minimum absolute atomic E-state index is 0.140. The summed E-state index contributed by atoms with van der Waals surface area (Å²) in [5, 5.41) is 11.9. The lowest BCUT2D eigenvalue weighted by atomic mass is 10.0. The molecule has 130 valence electrons. The molecule has 0 aliphatic carbocycles. The van der Waals surface area contributed by atoms with E-state index in [2.05, 4.69) is 39.9 Å². The van der Waals surface area contributed by atoms with Crippen molar-refractivity contribution in [1.29, 1.82) is 0 Å². The first kappa shape index (κ1) is 23.4. The molecule has 0 saturated carbocycles. The van der Waals surface area contributed by atoms with Crippen LogP contribution < -0.4 is 5.32 Å². The lowest BCUT2D eigenvalue weighted by Crippen LogP contribution is -2.26. The van der Waals surface area contributed by atoms with Gasteiger partial charge in [0.05, 0.1) is 6.61 Å². The third-order valence-electron chi connectivity index (χ3n) is 2.65. The second-order valence-corrected chi connectivity index (χ2v) is 7.08. The molecule has 0 bridgehead atoms. The van der Waals surface area contributed by atoms with Crippen molar-refractivity contribution in [3.05, 3.63) is 35.9 Å². The molecule has 0 atom stereocenters. The summed E-state index contributed by atoms with van der Waals surface area (Å²) < 4.78 is 0. The molecular formula is C20H39NO. The monoisotopic (exact) mass is 309 g/mol. The van der Waals surface area contributed by atoms with Gasteiger partial charge in [0.2, 0.25) is 0 Å². The molecule has 1 aliphatic heterocycles. The van der Waals surface area contributed by atoms with E-state index in [1.54, 1.807) is 0 Å². The summed E-state index contributed by atoms with van der Waals surface area (Å²) >= 11 is 0. The highest BCUT2D eigenvalue weighted by Crippen LogP contribution is 2.08. The summed E-state index contributed by atoms with van der Waals surface area (Å²) in [6.45, 7) is 17.7. The highest BCUT2D eigenvalue weighted by molar-refractivity contribution is 5.12. The number of benzene rings is 1. The molecule has 0 unspecified atom stereocenters. The molecule has 1 aromatic rings.